The highest BCUT2D eigenvalue weighted by molar-refractivity contribution is 8.02. The summed E-state index contributed by atoms with van der Waals surface area (Å²) in [6.07, 6.45) is 0. The van der Waals surface area contributed by atoms with Crippen LogP contribution in [0.2, 0.25) is 0 Å². The lowest BCUT2D eigenvalue weighted by Crippen LogP contribution is -2.44. The van der Waals surface area contributed by atoms with Crippen molar-refractivity contribution >= 4 is 33.0 Å². The first-order valence-electron chi connectivity index (χ1n) is 3.17. The van der Waals surface area contributed by atoms with Gasteiger partial charge in [-0.25, -0.2) is 0 Å². The monoisotopic (exact) mass is 209 g/mol. The van der Waals surface area contributed by atoms with Gasteiger partial charge in [-0.05, 0) is 0 Å². The molecule has 1 unspecified atom stereocenters. The average molecular weight is 209 g/mol. The molecule has 2 N–H and O–H groups in total. The summed E-state index contributed by atoms with van der Waals surface area (Å²) in [6.45, 7) is 0.498. The van der Waals surface area contributed by atoms with Crippen LogP contribution in [0.25, 0.3) is 0 Å². The van der Waals surface area contributed by atoms with Crippen molar-refractivity contribution in [1.29, 1.82) is 0 Å². The number of rotatable bonds is 1. The van der Waals surface area contributed by atoms with Crippen LogP contribution in [0, 0.1) is 0 Å². The molecule has 12 heavy (non-hydrogen) atoms. The Balaban J connectivity index is 2.97. The molecule has 1 aliphatic heterocycles. The van der Waals surface area contributed by atoms with Gasteiger partial charge in [-0.15, -0.1) is 11.8 Å². The van der Waals surface area contributed by atoms with Crippen molar-refractivity contribution in [2.45, 2.75) is 5.25 Å². The lowest BCUT2D eigenvalue weighted by molar-refractivity contribution is -0.135. The summed E-state index contributed by atoms with van der Waals surface area (Å²) >= 11 is 1.12. The number of carbonyl (C=O) groups is 1. The lowest BCUT2D eigenvalue weighted by Gasteiger charge is -2.18. The Morgan fingerprint density at radius 2 is 2.33 bits per heavy atom. The summed E-state index contributed by atoms with van der Waals surface area (Å²) in [5.74, 6) is -0.510. The second-order valence-electron chi connectivity index (χ2n) is 2.11. The van der Waals surface area contributed by atoms with E-state index < -0.39 is 21.5 Å². The van der Waals surface area contributed by atoms with E-state index in [4.69, 9.17) is 5.11 Å². The van der Waals surface area contributed by atoms with Crippen LogP contribution >= 0.6 is 11.8 Å². The first-order valence-corrected chi connectivity index (χ1v) is 5.29. The zero-order valence-corrected chi connectivity index (χ0v) is 7.61. The van der Waals surface area contributed by atoms with Crippen LogP contribution in [0.4, 0.5) is 0 Å². The normalized spacial score (nSPS) is 23.7. The van der Waals surface area contributed by atoms with E-state index in [1.165, 1.54) is 0 Å². The maximum absolute atomic E-state index is 10.5. The molecule has 1 atom stereocenters. The molecule has 0 spiro atoms. The number of hydrogen-bond acceptors (Lipinski definition) is 4. The van der Waals surface area contributed by atoms with E-state index in [2.05, 4.69) is 5.32 Å². The van der Waals surface area contributed by atoms with Gasteiger partial charge in [0.25, 0.3) is 0 Å². The molecule has 0 aromatic carbocycles. The van der Waals surface area contributed by atoms with Crippen LogP contribution in [-0.4, -0.2) is 42.0 Å². The van der Waals surface area contributed by atoms with Gasteiger partial charge < -0.3 is 5.11 Å². The summed E-state index contributed by atoms with van der Waals surface area (Å²) in [6, 6.07) is 0. The Morgan fingerprint density at radius 3 is 2.75 bits per heavy atom. The number of carboxylic acid groups (broad SMARTS) is 1. The Bertz CT molecular complexity index is 312. The van der Waals surface area contributed by atoms with Crippen molar-refractivity contribution in [1.82, 2.24) is 5.32 Å². The van der Waals surface area contributed by atoms with Gasteiger partial charge in [0.1, 0.15) is 4.99 Å². The van der Waals surface area contributed by atoms with Gasteiger partial charge >= 0.3 is 5.97 Å². The predicted octanol–water partition coefficient (Wildman–Crippen LogP) is -1.21. The van der Waals surface area contributed by atoms with Crippen molar-refractivity contribution in [3.63, 3.8) is 0 Å². The molecule has 1 heterocycles. The zero-order valence-electron chi connectivity index (χ0n) is 5.98. The third kappa shape index (κ3) is 1.99. The van der Waals surface area contributed by atoms with Crippen molar-refractivity contribution in [2.75, 3.05) is 12.3 Å². The minimum atomic E-state index is -2.45. The Labute approximate surface area is 74.7 Å². The minimum Gasteiger partial charge on any atom is -0.480 e. The average Bonchev–Trinajstić information content (AvgIpc) is 2.04. The topological polar surface area (TPSA) is 83.5 Å². The molecule has 0 aliphatic carbocycles. The fourth-order valence-electron chi connectivity index (χ4n) is 0.849. The van der Waals surface area contributed by atoms with Gasteiger partial charge in [-0.2, -0.15) is 8.42 Å². The van der Waals surface area contributed by atoms with E-state index >= 15 is 0 Å². The maximum Gasteiger partial charge on any atom is 0.323 e. The molecule has 5 nitrogen and oxygen atoms in total. The van der Waals surface area contributed by atoms with Crippen molar-refractivity contribution in [2.24, 2.45) is 0 Å². The Hall–Kier alpha value is -0.530. The van der Waals surface area contributed by atoms with E-state index in [0.29, 0.717) is 12.3 Å². The summed E-state index contributed by atoms with van der Waals surface area (Å²) in [4.78, 5) is 10.4. The van der Waals surface area contributed by atoms with Crippen LogP contribution in [0.5, 0.6) is 0 Å². The molecule has 68 valence electrons. The van der Waals surface area contributed by atoms with E-state index in [1.54, 1.807) is 0 Å². The molecule has 1 fully saturated rings. The van der Waals surface area contributed by atoms with Crippen LogP contribution in [0.3, 0.4) is 0 Å². The number of thioether (sulfide) groups is 1. The second-order valence-corrected chi connectivity index (χ2v) is 4.24. The number of nitrogens with one attached hydrogen (secondary N) is 1. The van der Waals surface area contributed by atoms with Gasteiger partial charge in [0.05, 0.1) is 0 Å². The second kappa shape index (κ2) is 3.92. The molecule has 0 aromatic rings. The predicted molar refractivity (Wildman–Crippen MR) is 45.8 cm³/mol. The van der Waals surface area contributed by atoms with Crippen LogP contribution < -0.4 is 5.32 Å². The molecule has 1 rings (SSSR count). The number of aliphatic carboxylic acids is 1. The van der Waals surface area contributed by atoms with Crippen LogP contribution in [0.1, 0.15) is 0 Å². The number of hydrogen-bond donors (Lipinski definition) is 2. The summed E-state index contributed by atoms with van der Waals surface area (Å²) in [5, 5.41) is 10.2. The smallest absolute Gasteiger partial charge is 0.323 e. The minimum absolute atomic E-state index is 0.126. The van der Waals surface area contributed by atoms with Gasteiger partial charge in [-0.1, -0.05) is 0 Å². The molecule has 0 saturated carbocycles. The highest BCUT2D eigenvalue weighted by Crippen LogP contribution is 2.14. The largest absolute Gasteiger partial charge is 0.480 e. The quantitative estimate of drug-likeness (QED) is 0.527. The first-order chi connectivity index (χ1) is 5.63. The maximum atomic E-state index is 10.5. The third-order valence-electron chi connectivity index (χ3n) is 1.33. The molecule has 0 aromatic heterocycles. The number of carboxylic acids is 1. The van der Waals surface area contributed by atoms with E-state index in [0.717, 1.165) is 11.8 Å². The molecular formula is C5H7NO4S2. The fraction of sp³-hybridized carbons (Fsp3) is 0.600. The summed E-state index contributed by atoms with van der Waals surface area (Å²) in [5.41, 5.74) is 0. The van der Waals surface area contributed by atoms with Crippen molar-refractivity contribution in [3.05, 3.63) is 0 Å². The molecule has 1 aliphatic rings. The molecular weight excluding hydrogens is 202 g/mol. The Morgan fingerprint density at radius 1 is 1.67 bits per heavy atom. The standard InChI is InChI=1S/C5H7NO4S2/c7-5(8)3-4(12(9)10)6-1-2-11-3/h3,6H,1-2H2,(H,7,8). The summed E-state index contributed by atoms with van der Waals surface area (Å²) < 4.78 is 21.0. The highest BCUT2D eigenvalue weighted by Gasteiger charge is 2.28. The van der Waals surface area contributed by atoms with E-state index in [1.807, 2.05) is 0 Å². The Kier molecular flexibility index (Phi) is 3.12. The van der Waals surface area contributed by atoms with Crippen molar-refractivity contribution < 1.29 is 18.3 Å². The van der Waals surface area contributed by atoms with Gasteiger partial charge in [0, 0.05) is 12.3 Å². The van der Waals surface area contributed by atoms with Gasteiger partial charge in [0.2, 0.25) is 10.3 Å². The highest BCUT2D eigenvalue weighted by atomic mass is 32.2. The van der Waals surface area contributed by atoms with Gasteiger partial charge in [-0.3, -0.25) is 10.1 Å². The van der Waals surface area contributed by atoms with Gasteiger partial charge in [0.15, 0.2) is 5.25 Å². The molecule has 0 bridgehead atoms. The molecule has 1 saturated heterocycles. The first kappa shape index (κ1) is 9.56. The molecule has 0 radical (unpaired) electrons. The molecule has 7 heteroatoms. The SMILES string of the molecule is O=C(O)C1SCCNC1=S(=O)=O. The molecule has 0 amide bonds. The van der Waals surface area contributed by atoms with E-state index in [-0.39, 0.29) is 4.99 Å². The fourth-order valence-corrected chi connectivity index (χ4v) is 2.62. The third-order valence-corrected chi connectivity index (χ3v) is 3.43. The summed E-state index contributed by atoms with van der Waals surface area (Å²) in [7, 11) is -2.45. The van der Waals surface area contributed by atoms with Crippen LogP contribution in [-0.2, 0) is 15.1 Å². The van der Waals surface area contributed by atoms with E-state index in [9.17, 15) is 13.2 Å². The van der Waals surface area contributed by atoms with Crippen LogP contribution in [0.15, 0.2) is 0 Å². The van der Waals surface area contributed by atoms with Crippen molar-refractivity contribution in [3.8, 4) is 0 Å². The lowest BCUT2D eigenvalue weighted by atomic mass is 10.4. The zero-order chi connectivity index (χ0) is 9.14.